The number of aryl methyl sites for hydroxylation is 1. The van der Waals surface area contributed by atoms with Crippen LogP contribution < -0.4 is 16.6 Å². The van der Waals surface area contributed by atoms with Gasteiger partial charge in [0.25, 0.3) is 5.56 Å². The van der Waals surface area contributed by atoms with E-state index in [4.69, 9.17) is 20.2 Å². The van der Waals surface area contributed by atoms with Gasteiger partial charge in [0, 0.05) is 35.5 Å². The molecular formula is C29H31FN4O6. The minimum atomic E-state index is -1.95. The summed E-state index contributed by atoms with van der Waals surface area (Å²) >= 11 is 0. The Kier molecular flexibility index (Phi) is 6.47. The number of ether oxygens (including phenoxy) is 2. The zero-order valence-electron chi connectivity index (χ0n) is 22.4. The molecular weight excluding hydrogens is 519 g/mol. The highest BCUT2D eigenvalue weighted by atomic mass is 19.1. The summed E-state index contributed by atoms with van der Waals surface area (Å²) in [6.45, 7) is 4.33. The smallest absolute Gasteiger partial charge is 0.343 e. The number of nitrogens with two attached hydrogens (primary N) is 1. The maximum atomic E-state index is 15.0. The first-order valence-corrected chi connectivity index (χ1v) is 13.6. The Morgan fingerprint density at radius 2 is 2.10 bits per heavy atom. The fourth-order valence-electron chi connectivity index (χ4n) is 6.32. The van der Waals surface area contributed by atoms with Crippen molar-refractivity contribution >= 4 is 22.8 Å². The van der Waals surface area contributed by atoms with E-state index in [0.29, 0.717) is 48.5 Å². The van der Waals surface area contributed by atoms with Gasteiger partial charge in [0.1, 0.15) is 12.4 Å². The number of esters is 1. The Labute approximate surface area is 229 Å². The summed E-state index contributed by atoms with van der Waals surface area (Å²) < 4.78 is 27.1. The molecule has 3 aliphatic rings. The number of fused-ring (bicyclic) bond motifs is 5. The Morgan fingerprint density at radius 1 is 1.30 bits per heavy atom. The number of carbonyl (C=O) groups excluding carboxylic acids is 2. The molecule has 11 heteroatoms. The number of hydrogen-bond acceptors (Lipinski definition) is 8. The summed E-state index contributed by atoms with van der Waals surface area (Å²) in [5, 5.41) is 15.1. The number of hydrogen-bond donors (Lipinski definition) is 3. The summed E-state index contributed by atoms with van der Waals surface area (Å²) in [6, 6.07) is 2.65. The molecule has 2 atom stereocenters. The van der Waals surface area contributed by atoms with Gasteiger partial charge in [-0.05, 0) is 48.9 Å². The Hall–Kier alpha value is -3.67. The van der Waals surface area contributed by atoms with Crippen LogP contribution in [0.25, 0.3) is 22.3 Å². The summed E-state index contributed by atoms with van der Waals surface area (Å²) in [4.78, 5) is 43.9. The van der Waals surface area contributed by atoms with Gasteiger partial charge in [0.2, 0.25) is 5.91 Å². The highest BCUT2D eigenvalue weighted by Gasteiger charge is 2.46. The van der Waals surface area contributed by atoms with Gasteiger partial charge < -0.3 is 30.2 Å². The van der Waals surface area contributed by atoms with Crippen molar-refractivity contribution in [1.29, 1.82) is 0 Å². The van der Waals surface area contributed by atoms with Gasteiger partial charge >= 0.3 is 5.97 Å². The van der Waals surface area contributed by atoms with Crippen LogP contribution in [0.4, 0.5) is 4.39 Å². The second kappa shape index (κ2) is 9.76. The van der Waals surface area contributed by atoms with Crippen LogP contribution in [0.15, 0.2) is 16.9 Å². The average molecular weight is 551 g/mol. The maximum Gasteiger partial charge on any atom is 0.343 e. The third kappa shape index (κ3) is 3.87. The van der Waals surface area contributed by atoms with Crippen molar-refractivity contribution in [3.05, 3.63) is 61.7 Å². The molecule has 0 saturated heterocycles. The molecule has 2 aliphatic heterocycles. The third-order valence-electron chi connectivity index (χ3n) is 8.45. The number of aromatic nitrogens is 2. The number of amides is 1. The van der Waals surface area contributed by atoms with Gasteiger partial charge in [0.05, 0.1) is 48.3 Å². The molecule has 40 heavy (non-hydrogen) atoms. The van der Waals surface area contributed by atoms with E-state index < -0.39 is 11.6 Å². The number of nitrogens with zero attached hydrogens (tertiary/aromatic N) is 2. The Bertz CT molecular complexity index is 1650. The standard InChI is InChI=1S/C29H31FN4O6/c1-3-29(38)18-10-22-26-16(12-34(22)27(36)17(18)13-40-28(29)37)25-20(32-23(35)6-8-39-9-7-31)5-4-15-14(2)19(30)11-21(33-26)24(15)25/h10-11,20,38H,3-9,12-13,31H2,1-2H3,(H,32,35)/t20-,29-/m1/s1. The van der Waals surface area contributed by atoms with Crippen molar-refractivity contribution in [2.24, 2.45) is 5.73 Å². The number of rotatable bonds is 7. The fourth-order valence-corrected chi connectivity index (χ4v) is 6.32. The summed E-state index contributed by atoms with van der Waals surface area (Å²) in [5.41, 5.74) is 7.88. The maximum absolute atomic E-state index is 15.0. The lowest BCUT2D eigenvalue weighted by molar-refractivity contribution is -0.172. The van der Waals surface area contributed by atoms with E-state index in [9.17, 15) is 19.5 Å². The molecule has 4 heterocycles. The van der Waals surface area contributed by atoms with E-state index in [1.165, 1.54) is 6.07 Å². The number of nitrogens with one attached hydrogen (secondary N) is 1. The van der Waals surface area contributed by atoms with Crippen molar-refractivity contribution in [1.82, 2.24) is 14.9 Å². The molecule has 0 spiro atoms. The molecule has 3 aromatic rings. The first-order valence-electron chi connectivity index (χ1n) is 13.6. The molecule has 10 nitrogen and oxygen atoms in total. The average Bonchev–Trinajstić information content (AvgIpc) is 3.31. The van der Waals surface area contributed by atoms with Crippen molar-refractivity contribution < 1.29 is 28.6 Å². The first-order chi connectivity index (χ1) is 19.2. The number of aliphatic hydroxyl groups is 1. The largest absolute Gasteiger partial charge is 0.458 e. The zero-order valence-corrected chi connectivity index (χ0v) is 22.4. The molecule has 1 aliphatic carbocycles. The van der Waals surface area contributed by atoms with Gasteiger partial charge in [-0.15, -0.1) is 0 Å². The number of benzene rings is 1. The van der Waals surface area contributed by atoms with Crippen LogP contribution in [0.2, 0.25) is 0 Å². The number of cyclic esters (lactones) is 1. The molecule has 0 bridgehead atoms. The molecule has 0 radical (unpaired) electrons. The molecule has 6 rings (SSSR count). The van der Waals surface area contributed by atoms with Crippen LogP contribution in [-0.2, 0) is 44.2 Å². The molecule has 210 valence electrons. The Morgan fingerprint density at radius 3 is 2.85 bits per heavy atom. The van der Waals surface area contributed by atoms with Crippen molar-refractivity contribution in [3.63, 3.8) is 0 Å². The minimum Gasteiger partial charge on any atom is -0.458 e. The van der Waals surface area contributed by atoms with Gasteiger partial charge in [-0.25, -0.2) is 14.2 Å². The minimum absolute atomic E-state index is 0.0297. The first kappa shape index (κ1) is 26.5. The summed E-state index contributed by atoms with van der Waals surface area (Å²) in [5.74, 6) is -1.36. The van der Waals surface area contributed by atoms with Crippen molar-refractivity contribution in [2.75, 3.05) is 19.8 Å². The molecule has 1 aromatic carbocycles. The lowest BCUT2D eigenvalue weighted by atomic mass is 9.81. The van der Waals surface area contributed by atoms with Crippen LogP contribution in [0, 0.1) is 12.7 Å². The van der Waals surface area contributed by atoms with Gasteiger partial charge in [-0.1, -0.05) is 6.92 Å². The predicted octanol–water partition coefficient (Wildman–Crippen LogP) is 2.00. The van der Waals surface area contributed by atoms with Crippen molar-refractivity contribution in [3.8, 4) is 11.4 Å². The van der Waals surface area contributed by atoms with Gasteiger partial charge in [-0.2, -0.15) is 0 Å². The monoisotopic (exact) mass is 550 g/mol. The lowest BCUT2D eigenvalue weighted by Crippen LogP contribution is -2.44. The molecule has 4 N–H and O–H groups in total. The third-order valence-corrected chi connectivity index (χ3v) is 8.45. The summed E-state index contributed by atoms with van der Waals surface area (Å²) in [6.07, 6.45) is 1.31. The van der Waals surface area contributed by atoms with Crippen LogP contribution in [-0.4, -0.2) is 46.3 Å². The van der Waals surface area contributed by atoms with E-state index in [2.05, 4.69) is 5.32 Å². The fraction of sp³-hybridized carbons (Fsp3) is 0.448. The van der Waals surface area contributed by atoms with Crippen molar-refractivity contribution in [2.45, 2.75) is 64.3 Å². The van der Waals surface area contributed by atoms with Gasteiger partial charge in [-0.3, -0.25) is 9.59 Å². The number of pyridine rings is 2. The van der Waals surface area contributed by atoms with E-state index in [1.807, 2.05) is 0 Å². The highest BCUT2D eigenvalue weighted by molar-refractivity contribution is 5.94. The normalized spacial score (nSPS) is 20.6. The molecule has 0 unspecified atom stereocenters. The predicted molar refractivity (Wildman–Crippen MR) is 143 cm³/mol. The number of halogens is 1. The Balaban J connectivity index is 1.52. The lowest BCUT2D eigenvalue weighted by Gasteiger charge is -2.31. The van der Waals surface area contributed by atoms with Crippen LogP contribution in [0.5, 0.6) is 0 Å². The molecule has 2 aromatic heterocycles. The van der Waals surface area contributed by atoms with E-state index >= 15 is 4.39 Å². The van der Waals surface area contributed by atoms with E-state index in [0.717, 1.165) is 22.1 Å². The van der Waals surface area contributed by atoms with E-state index in [-0.39, 0.29) is 67.1 Å². The van der Waals surface area contributed by atoms with Gasteiger partial charge in [0.15, 0.2) is 5.60 Å². The SMILES string of the molecule is CC[C@]1(O)C(=O)OCc2c1cc1n(c2=O)Cc2c-1nc1cc(F)c(C)c3c1c2[C@H](NC(=O)CCOCCN)CC3. The van der Waals surface area contributed by atoms with Crippen LogP contribution >= 0.6 is 0 Å². The van der Waals surface area contributed by atoms with Crippen LogP contribution in [0.3, 0.4) is 0 Å². The molecule has 0 saturated carbocycles. The topological polar surface area (TPSA) is 146 Å². The quantitative estimate of drug-likeness (QED) is 0.234. The number of carbonyl (C=O) groups is 2. The molecule has 1 amide bonds. The van der Waals surface area contributed by atoms with E-state index in [1.54, 1.807) is 24.5 Å². The zero-order chi connectivity index (χ0) is 28.3. The highest BCUT2D eigenvalue weighted by Crippen LogP contribution is 2.45. The second-order valence-corrected chi connectivity index (χ2v) is 10.6. The summed E-state index contributed by atoms with van der Waals surface area (Å²) in [7, 11) is 0. The second-order valence-electron chi connectivity index (χ2n) is 10.6. The van der Waals surface area contributed by atoms with Crippen LogP contribution in [0.1, 0.15) is 65.6 Å². The molecule has 0 fully saturated rings.